The van der Waals surface area contributed by atoms with Crippen LogP contribution in [0.5, 0.6) is 5.75 Å². The quantitative estimate of drug-likeness (QED) is 0.207. The van der Waals surface area contributed by atoms with E-state index in [0.717, 1.165) is 16.7 Å². The number of likely N-dealkylation sites (tertiary alicyclic amines) is 1. The maximum atomic E-state index is 13.2. The highest BCUT2D eigenvalue weighted by molar-refractivity contribution is 6.46. The minimum atomic E-state index is -0.729. The molecule has 4 rings (SSSR count). The predicted octanol–water partition coefficient (Wildman–Crippen LogP) is 5.39. The van der Waals surface area contributed by atoms with Crippen molar-refractivity contribution in [2.75, 3.05) is 6.61 Å². The molecule has 1 N–H and O–H groups in total. The molecule has 1 aliphatic rings. The van der Waals surface area contributed by atoms with Crippen molar-refractivity contribution in [3.63, 3.8) is 0 Å². The molecular formula is C29H28N2O4. The molecular weight excluding hydrogens is 440 g/mol. The van der Waals surface area contributed by atoms with Gasteiger partial charge in [-0.2, -0.15) is 0 Å². The highest BCUT2D eigenvalue weighted by Gasteiger charge is 2.46. The van der Waals surface area contributed by atoms with Crippen molar-refractivity contribution in [2.45, 2.75) is 32.4 Å². The van der Waals surface area contributed by atoms with Crippen molar-refractivity contribution in [1.29, 1.82) is 0 Å². The molecule has 3 aromatic rings. The monoisotopic (exact) mass is 468 g/mol. The van der Waals surface area contributed by atoms with Gasteiger partial charge in [-0.05, 0) is 52.9 Å². The smallest absolute Gasteiger partial charge is 0.295 e. The van der Waals surface area contributed by atoms with Crippen molar-refractivity contribution >= 4 is 17.4 Å². The number of ether oxygens (including phenoxy) is 1. The van der Waals surface area contributed by atoms with Gasteiger partial charge in [0.1, 0.15) is 18.1 Å². The van der Waals surface area contributed by atoms with Crippen LogP contribution in [0.4, 0.5) is 0 Å². The van der Waals surface area contributed by atoms with Gasteiger partial charge in [0.05, 0.1) is 11.6 Å². The summed E-state index contributed by atoms with van der Waals surface area (Å²) in [5, 5.41) is 11.2. The number of hydrogen-bond donors (Lipinski definition) is 1. The number of nitrogens with zero attached hydrogens (tertiary/aromatic N) is 2. The normalized spacial score (nSPS) is 17.1. The second-order valence-corrected chi connectivity index (χ2v) is 8.73. The van der Waals surface area contributed by atoms with Crippen LogP contribution in [0.2, 0.25) is 0 Å². The van der Waals surface area contributed by atoms with E-state index in [1.54, 1.807) is 48.8 Å². The largest absolute Gasteiger partial charge is 0.507 e. The molecule has 2 aromatic carbocycles. The van der Waals surface area contributed by atoms with Gasteiger partial charge in [0.25, 0.3) is 11.7 Å². The minimum absolute atomic E-state index is 0.0657. The van der Waals surface area contributed by atoms with Crippen molar-refractivity contribution in [1.82, 2.24) is 9.88 Å². The Labute approximate surface area is 205 Å². The summed E-state index contributed by atoms with van der Waals surface area (Å²) in [7, 11) is 0. The third-order valence-electron chi connectivity index (χ3n) is 6.03. The van der Waals surface area contributed by atoms with E-state index in [9.17, 15) is 14.7 Å². The van der Waals surface area contributed by atoms with Gasteiger partial charge in [-0.15, -0.1) is 0 Å². The van der Waals surface area contributed by atoms with Gasteiger partial charge in [-0.25, -0.2) is 0 Å². The summed E-state index contributed by atoms with van der Waals surface area (Å²) in [5.74, 6) is -0.632. The number of benzene rings is 2. The summed E-state index contributed by atoms with van der Waals surface area (Å²) >= 11 is 0. The topological polar surface area (TPSA) is 79.7 Å². The Bertz CT molecular complexity index is 1250. The second kappa shape index (κ2) is 10.4. The predicted molar refractivity (Wildman–Crippen MR) is 135 cm³/mol. The van der Waals surface area contributed by atoms with Crippen LogP contribution in [0.15, 0.2) is 91.3 Å². The first-order chi connectivity index (χ1) is 16.9. The molecule has 1 aromatic heterocycles. The van der Waals surface area contributed by atoms with Crippen LogP contribution in [0, 0.1) is 0 Å². The number of aliphatic hydroxyl groups is 1. The average Bonchev–Trinajstić information content (AvgIpc) is 3.13. The molecule has 0 saturated carbocycles. The zero-order valence-electron chi connectivity index (χ0n) is 19.8. The van der Waals surface area contributed by atoms with E-state index in [0.29, 0.717) is 23.8 Å². The molecule has 35 heavy (non-hydrogen) atoms. The molecule has 0 radical (unpaired) electrons. The highest BCUT2D eigenvalue weighted by Crippen LogP contribution is 2.40. The van der Waals surface area contributed by atoms with E-state index in [1.807, 2.05) is 30.3 Å². The lowest BCUT2D eigenvalue weighted by Gasteiger charge is -2.25. The summed E-state index contributed by atoms with van der Waals surface area (Å²) in [4.78, 5) is 32.0. The summed E-state index contributed by atoms with van der Waals surface area (Å²) in [6, 6.07) is 17.5. The lowest BCUT2D eigenvalue weighted by molar-refractivity contribution is -0.140. The standard InChI is InChI=1S/C29H28N2O4/c1-4-16-35-24-13-11-23(12-14-24)27(32)25-26(22-9-7-21(8-10-22)19(2)3)31(29(34)28(25)33)18-20-6-5-15-30-17-20/h4-15,17,19,26,32H,1,16,18H2,2-3H3/t26-/m1/s1. The van der Waals surface area contributed by atoms with Gasteiger partial charge in [0.2, 0.25) is 0 Å². The van der Waals surface area contributed by atoms with Gasteiger partial charge in [-0.1, -0.05) is 56.8 Å². The molecule has 1 fully saturated rings. The molecule has 0 unspecified atom stereocenters. The molecule has 0 spiro atoms. The van der Waals surface area contributed by atoms with Crippen LogP contribution in [-0.2, 0) is 16.1 Å². The SMILES string of the molecule is C=CCOc1ccc(C(O)=C2C(=O)C(=O)N(Cc3cccnc3)[C@@H]2c2ccc(C(C)C)cc2)cc1. The first-order valence-electron chi connectivity index (χ1n) is 11.5. The summed E-state index contributed by atoms with van der Waals surface area (Å²) in [6.07, 6.45) is 4.96. The van der Waals surface area contributed by atoms with E-state index in [-0.39, 0.29) is 17.9 Å². The Kier molecular flexibility index (Phi) is 7.11. The fourth-order valence-electron chi connectivity index (χ4n) is 4.16. The van der Waals surface area contributed by atoms with Gasteiger partial charge < -0.3 is 14.7 Å². The molecule has 0 bridgehead atoms. The molecule has 178 valence electrons. The molecule has 1 amide bonds. The first kappa shape index (κ1) is 24.0. The number of hydrogen-bond acceptors (Lipinski definition) is 5. The lowest BCUT2D eigenvalue weighted by atomic mass is 9.93. The van der Waals surface area contributed by atoms with Crippen molar-refractivity contribution in [2.24, 2.45) is 0 Å². The minimum Gasteiger partial charge on any atom is -0.507 e. The Balaban J connectivity index is 1.79. The number of amides is 1. The van der Waals surface area contributed by atoms with E-state index in [1.165, 1.54) is 4.90 Å². The molecule has 1 saturated heterocycles. The maximum absolute atomic E-state index is 13.2. The van der Waals surface area contributed by atoms with E-state index >= 15 is 0 Å². The van der Waals surface area contributed by atoms with Gasteiger partial charge in [0, 0.05) is 24.5 Å². The third-order valence-corrected chi connectivity index (χ3v) is 6.03. The number of carbonyl (C=O) groups excluding carboxylic acids is 2. The van der Waals surface area contributed by atoms with Crippen LogP contribution in [0.1, 0.15) is 48.1 Å². The Morgan fingerprint density at radius 3 is 2.43 bits per heavy atom. The maximum Gasteiger partial charge on any atom is 0.295 e. The lowest BCUT2D eigenvalue weighted by Crippen LogP contribution is -2.29. The van der Waals surface area contributed by atoms with Crippen molar-refractivity contribution < 1.29 is 19.4 Å². The zero-order valence-corrected chi connectivity index (χ0v) is 19.8. The fraction of sp³-hybridized carbons (Fsp3) is 0.207. The number of aromatic nitrogens is 1. The molecule has 6 heteroatoms. The Morgan fingerprint density at radius 2 is 1.83 bits per heavy atom. The van der Waals surface area contributed by atoms with E-state index in [2.05, 4.69) is 25.4 Å². The van der Waals surface area contributed by atoms with Crippen LogP contribution in [-0.4, -0.2) is 33.3 Å². The van der Waals surface area contributed by atoms with Crippen LogP contribution in [0.3, 0.4) is 0 Å². The molecule has 6 nitrogen and oxygen atoms in total. The zero-order chi connectivity index (χ0) is 24.9. The number of Topliss-reactive ketones (excluding diaryl/α,β-unsaturated/α-hetero) is 1. The fourth-order valence-corrected chi connectivity index (χ4v) is 4.16. The number of ketones is 1. The third kappa shape index (κ3) is 5.01. The van der Waals surface area contributed by atoms with Gasteiger partial charge in [0.15, 0.2) is 0 Å². The molecule has 1 aliphatic heterocycles. The summed E-state index contributed by atoms with van der Waals surface area (Å²) in [6.45, 7) is 8.39. The Hall–Kier alpha value is -4.19. The van der Waals surface area contributed by atoms with Gasteiger partial charge in [-0.3, -0.25) is 14.6 Å². The Morgan fingerprint density at radius 1 is 1.11 bits per heavy atom. The summed E-state index contributed by atoms with van der Waals surface area (Å²) in [5.41, 5.74) is 3.19. The van der Waals surface area contributed by atoms with E-state index in [4.69, 9.17) is 4.74 Å². The second-order valence-electron chi connectivity index (χ2n) is 8.73. The van der Waals surface area contributed by atoms with E-state index < -0.39 is 17.7 Å². The first-order valence-corrected chi connectivity index (χ1v) is 11.5. The molecule has 1 atom stereocenters. The molecule has 2 heterocycles. The van der Waals surface area contributed by atoms with Crippen molar-refractivity contribution in [3.8, 4) is 5.75 Å². The number of rotatable bonds is 8. The van der Waals surface area contributed by atoms with Crippen molar-refractivity contribution in [3.05, 3.63) is 114 Å². The van der Waals surface area contributed by atoms with Crippen LogP contribution >= 0.6 is 0 Å². The number of pyridine rings is 1. The number of carbonyl (C=O) groups is 2. The van der Waals surface area contributed by atoms with Crippen LogP contribution < -0.4 is 4.74 Å². The number of aliphatic hydroxyl groups excluding tert-OH is 1. The summed E-state index contributed by atoms with van der Waals surface area (Å²) < 4.78 is 5.51. The highest BCUT2D eigenvalue weighted by atomic mass is 16.5. The van der Waals surface area contributed by atoms with Crippen LogP contribution in [0.25, 0.3) is 5.76 Å². The van der Waals surface area contributed by atoms with Gasteiger partial charge >= 0.3 is 0 Å². The molecule has 0 aliphatic carbocycles. The average molecular weight is 469 g/mol.